The summed E-state index contributed by atoms with van der Waals surface area (Å²) in [6.45, 7) is 1.48. The highest BCUT2D eigenvalue weighted by Gasteiger charge is 2.43. The number of unbranched alkanes of at least 4 members (excludes halogenated alkanes) is 2. The van der Waals surface area contributed by atoms with Gasteiger partial charge in [-0.05, 0) is 32.1 Å². The molecule has 5 heteroatoms. The summed E-state index contributed by atoms with van der Waals surface area (Å²) in [4.78, 5) is 12.6. The molecule has 1 fully saturated rings. The fourth-order valence-electron chi connectivity index (χ4n) is 2.48. The predicted octanol–water partition coefficient (Wildman–Crippen LogP) is 1.77. The first-order chi connectivity index (χ1) is 8.63. The number of nitrogens with two attached hydrogens (primary N) is 1. The van der Waals surface area contributed by atoms with E-state index in [1.54, 1.807) is 7.11 Å². The summed E-state index contributed by atoms with van der Waals surface area (Å²) >= 11 is 5.08. The third-order valence-electron chi connectivity index (χ3n) is 3.67. The van der Waals surface area contributed by atoms with E-state index in [9.17, 15) is 4.79 Å². The number of thiocarbonyl (C=S) groups is 1. The van der Waals surface area contributed by atoms with Gasteiger partial charge in [0.05, 0.1) is 10.4 Å². The van der Waals surface area contributed by atoms with Crippen molar-refractivity contribution in [2.45, 2.75) is 44.9 Å². The molecule has 104 valence electrons. The molecule has 1 saturated carbocycles. The average molecular weight is 272 g/mol. The van der Waals surface area contributed by atoms with Gasteiger partial charge in [0.15, 0.2) is 0 Å². The summed E-state index contributed by atoms with van der Waals surface area (Å²) in [5, 5.41) is 2.98. The van der Waals surface area contributed by atoms with Crippen molar-refractivity contribution < 1.29 is 9.53 Å². The van der Waals surface area contributed by atoms with Crippen LogP contribution in [0.2, 0.25) is 0 Å². The van der Waals surface area contributed by atoms with Crippen LogP contribution in [0.4, 0.5) is 0 Å². The van der Waals surface area contributed by atoms with Crippen LogP contribution in [0.1, 0.15) is 44.9 Å². The minimum absolute atomic E-state index is 0.0271. The lowest BCUT2D eigenvalue weighted by Crippen LogP contribution is -2.47. The molecule has 0 spiro atoms. The van der Waals surface area contributed by atoms with E-state index in [1.807, 2.05) is 0 Å². The zero-order chi connectivity index (χ0) is 13.4. The highest BCUT2D eigenvalue weighted by Crippen LogP contribution is 2.38. The number of hydrogen-bond donors (Lipinski definition) is 2. The summed E-state index contributed by atoms with van der Waals surface area (Å²) in [5.41, 5.74) is 5.19. The number of hydrogen-bond acceptors (Lipinski definition) is 3. The third kappa shape index (κ3) is 3.92. The van der Waals surface area contributed by atoms with Crippen LogP contribution >= 0.6 is 12.2 Å². The summed E-state index contributed by atoms with van der Waals surface area (Å²) in [6.07, 6.45) is 6.76. The molecule has 1 aliphatic carbocycles. The Labute approximate surface area is 115 Å². The first kappa shape index (κ1) is 15.4. The highest BCUT2D eigenvalue weighted by molar-refractivity contribution is 7.80. The standard InChI is InChI=1S/C13H24N2O2S/c1-17-10-6-2-5-9-15-12(16)13(11(14)18)7-3-4-8-13/h2-10H2,1H3,(H2,14,18)(H,15,16). The van der Waals surface area contributed by atoms with Gasteiger partial charge in [-0.1, -0.05) is 25.1 Å². The Morgan fingerprint density at radius 3 is 2.56 bits per heavy atom. The van der Waals surface area contributed by atoms with E-state index in [4.69, 9.17) is 22.7 Å². The molecule has 1 amide bonds. The largest absolute Gasteiger partial charge is 0.392 e. The van der Waals surface area contributed by atoms with Gasteiger partial charge in [0.25, 0.3) is 0 Å². The maximum atomic E-state index is 12.2. The van der Waals surface area contributed by atoms with E-state index in [0.717, 1.165) is 51.6 Å². The molecule has 0 aromatic heterocycles. The molecule has 0 aliphatic heterocycles. The Morgan fingerprint density at radius 1 is 1.33 bits per heavy atom. The van der Waals surface area contributed by atoms with Crippen molar-refractivity contribution in [2.24, 2.45) is 11.1 Å². The van der Waals surface area contributed by atoms with Crippen LogP contribution in [0.15, 0.2) is 0 Å². The van der Waals surface area contributed by atoms with Gasteiger partial charge in [-0.2, -0.15) is 0 Å². The number of carbonyl (C=O) groups excluding carboxylic acids is 1. The van der Waals surface area contributed by atoms with Crippen LogP contribution in [0.25, 0.3) is 0 Å². The Balaban J connectivity index is 2.28. The SMILES string of the molecule is COCCCCCNC(=O)C1(C(N)=S)CCCC1. The molecule has 0 saturated heterocycles. The molecule has 3 N–H and O–H groups in total. The van der Waals surface area contributed by atoms with E-state index >= 15 is 0 Å². The van der Waals surface area contributed by atoms with Crippen molar-refractivity contribution in [3.8, 4) is 0 Å². The highest BCUT2D eigenvalue weighted by atomic mass is 32.1. The summed E-state index contributed by atoms with van der Waals surface area (Å²) in [7, 11) is 1.70. The van der Waals surface area contributed by atoms with Crippen molar-refractivity contribution in [1.82, 2.24) is 5.32 Å². The van der Waals surface area contributed by atoms with Crippen molar-refractivity contribution in [1.29, 1.82) is 0 Å². The second-order valence-corrected chi connectivity index (χ2v) is 5.40. The summed E-state index contributed by atoms with van der Waals surface area (Å²) < 4.78 is 4.98. The number of methoxy groups -OCH3 is 1. The van der Waals surface area contributed by atoms with Crippen LogP contribution in [-0.2, 0) is 9.53 Å². The maximum Gasteiger partial charge on any atom is 0.233 e. The molecule has 1 aliphatic rings. The molecule has 0 atom stereocenters. The van der Waals surface area contributed by atoms with Crippen molar-refractivity contribution >= 4 is 23.1 Å². The summed E-state index contributed by atoms with van der Waals surface area (Å²) in [6, 6.07) is 0. The number of rotatable bonds is 8. The average Bonchev–Trinajstić information content (AvgIpc) is 2.84. The number of amides is 1. The van der Waals surface area contributed by atoms with E-state index in [0.29, 0.717) is 11.5 Å². The second-order valence-electron chi connectivity index (χ2n) is 4.96. The van der Waals surface area contributed by atoms with Crippen LogP contribution < -0.4 is 11.1 Å². The van der Waals surface area contributed by atoms with Gasteiger partial charge < -0.3 is 15.8 Å². The first-order valence-electron chi connectivity index (χ1n) is 6.70. The minimum Gasteiger partial charge on any atom is -0.392 e. The smallest absolute Gasteiger partial charge is 0.233 e. The normalized spacial score (nSPS) is 17.6. The van der Waals surface area contributed by atoms with Crippen molar-refractivity contribution in [2.75, 3.05) is 20.3 Å². The molecule has 0 radical (unpaired) electrons. The monoisotopic (exact) mass is 272 g/mol. The molecule has 1 rings (SSSR count). The fourth-order valence-corrected chi connectivity index (χ4v) is 2.78. The van der Waals surface area contributed by atoms with Gasteiger partial charge in [-0.15, -0.1) is 0 Å². The Kier molecular flexibility index (Phi) is 6.57. The molecule has 18 heavy (non-hydrogen) atoms. The number of carbonyl (C=O) groups is 1. The summed E-state index contributed by atoms with van der Waals surface area (Å²) in [5.74, 6) is 0.0271. The predicted molar refractivity (Wildman–Crippen MR) is 76.4 cm³/mol. The van der Waals surface area contributed by atoms with Crippen LogP contribution in [0.5, 0.6) is 0 Å². The lowest BCUT2D eigenvalue weighted by molar-refractivity contribution is -0.127. The molecule has 0 bridgehead atoms. The van der Waals surface area contributed by atoms with Gasteiger partial charge in [-0.25, -0.2) is 0 Å². The maximum absolute atomic E-state index is 12.2. The van der Waals surface area contributed by atoms with Gasteiger partial charge in [0.1, 0.15) is 0 Å². The van der Waals surface area contributed by atoms with Crippen LogP contribution in [-0.4, -0.2) is 31.2 Å². The van der Waals surface area contributed by atoms with E-state index in [2.05, 4.69) is 5.32 Å². The Bertz CT molecular complexity index is 289. The van der Waals surface area contributed by atoms with Gasteiger partial charge in [-0.3, -0.25) is 4.79 Å². The quantitative estimate of drug-likeness (QED) is 0.522. The molecule has 0 aromatic carbocycles. The molecule has 0 heterocycles. The van der Waals surface area contributed by atoms with E-state index in [1.165, 1.54) is 0 Å². The zero-order valence-electron chi connectivity index (χ0n) is 11.2. The second kappa shape index (κ2) is 7.69. The Hall–Kier alpha value is -0.680. The van der Waals surface area contributed by atoms with E-state index in [-0.39, 0.29) is 5.91 Å². The Morgan fingerprint density at radius 2 is 2.00 bits per heavy atom. The van der Waals surface area contributed by atoms with Crippen molar-refractivity contribution in [3.63, 3.8) is 0 Å². The van der Waals surface area contributed by atoms with Gasteiger partial charge >= 0.3 is 0 Å². The van der Waals surface area contributed by atoms with Crippen molar-refractivity contribution in [3.05, 3.63) is 0 Å². The number of ether oxygens (including phenoxy) is 1. The van der Waals surface area contributed by atoms with Gasteiger partial charge in [0.2, 0.25) is 5.91 Å². The lowest BCUT2D eigenvalue weighted by Gasteiger charge is -2.26. The molecular formula is C13H24N2O2S. The molecule has 0 unspecified atom stereocenters. The molecule has 4 nitrogen and oxygen atoms in total. The molecular weight excluding hydrogens is 248 g/mol. The third-order valence-corrected chi connectivity index (χ3v) is 4.06. The van der Waals surface area contributed by atoms with Crippen LogP contribution in [0, 0.1) is 5.41 Å². The molecule has 0 aromatic rings. The number of nitrogens with one attached hydrogen (secondary N) is 1. The fraction of sp³-hybridized carbons (Fsp3) is 0.846. The minimum atomic E-state index is -0.568. The first-order valence-corrected chi connectivity index (χ1v) is 7.11. The lowest BCUT2D eigenvalue weighted by atomic mass is 9.85. The topological polar surface area (TPSA) is 64.3 Å². The van der Waals surface area contributed by atoms with Gasteiger partial charge in [0, 0.05) is 20.3 Å². The van der Waals surface area contributed by atoms with Crippen LogP contribution in [0.3, 0.4) is 0 Å². The van der Waals surface area contributed by atoms with E-state index < -0.39 is 5.41 Å². The zero-order valence-corrected chi connectivity index (χ0v) is 12.0.